The van der Waals surface area contributed by atoms with Gasteiger partial charge in [-0.3, -0.25) is 14.4 Å². The van der Waals surface area contributed by atoms with Crippen LogP contribution in [-0.2, 0) is 16.1 Å². The van der Waals surface area contributed by atoms with Gasteiger partial charge in [-0.15, -0.1) is 11.8 Å². The van der Waals surface area contributed by atoms with Crippen LogP contribution in [-0.4, -0.2) is 52.4 Å². The summed E-state index contributed by atoms with van der Waals surface area (Å²) in [5, 5.41) is 11.1. The highest BCUT2D eigenvalue weighted by molar-refractivity contribution is 8.00. The Bertz CT molecular complexity index is 562. The average Bonchev–Trinajstić information content (AvgIpc) is 2.76. The predicted molar refractivity (Wildman–Crippen MR) is 79.2 cm³/mol. The Balaban J connectivity index is 1.70. The van der Waals surface area contributed by atoms with E-state index in [0.717, 1.165) is 22.9 Å². The Kier molecular flexibility index (Phi) is 5.21. The summed E-state index contributed by atoms with van der Waals surface area (Å²) in [7, 11) is 0. The fourth-order valence-corrected chi connectivity index (χ4v) is 2.67. The first kappa shape index (κ1) is 15.4. The molecule has 2 rings (SSSR count). The normalized spacial score (nSPS) is 13.1. The summed E-state index contributed by atoms with van der Waals surface area (Å²) in [5.74, 6) is -1.15. The lowest BCUT2D eigenvalue weighted by Gasteiger charge is -2.15. The maximum atomic E-state index is 12.1. The minimum absolute atomic E-state index is 0.0138. The second-order valence-electron chi connectivity index (χ2n) is 4.62. The molecule has 0 spiro atoms. The Morgan fingerprint density at radius 3 is 2.76 bits per heavy atom. The zero-order valence-electron chi connectivity index (χ0n) is 11.4. The Morgan fingerprint density at radius 2 is 2.05 bits per heavy atom. The Labute approximate surface area is 126 Å². The number of rotatable bonds is 7. The molecule has 0 radical (unpaired) electrons. The first-order chi connectivity index (χ1) is 10.1. The van der Waals surface area contributed by atoms with Gasteiger partial charge in [-0.05, 0) is 11.6 Å². The SMILES string of the molecule is O=C(O)CSCC(=O)NCCN1Cc2ccccc2C1=O. The van der Waals surface area contributed by atoms with Crippen molar-refractivity contribution in [2.75, 3.05) is 24.6 Å². The first-order valence-corrected chi connectivity index (χ1v) is 7.67. The highest BCUT2D eigenvalue weighted by Gasteiger charge is 2.26. The summed E-state index contributed by atoms with van der Waals surface area (Å²) in [6, 6.07) is 7.46. The van der Waals surface area contributed by atoms with E-state index in [9.17, 15) is 14.4 Å². The summed E-state index contributed by atoms with van der Waals surface area (Å²) < 4.78 is 0. The van der Waals surface area contributed by atoms with Gasteiger partial charge in [0.1, 0.15) is 0 Å². The molecule has 0 unspecified atom stereocenters. The predicted octanol–water partition coefficient (Wildman–Crippen LogP) is 0.576. The number of hydrogen-bond acceptors (Lipinski definition) is 4. The molecule has 1 aliphatic rings. The van der Waals surface area contributed by atoms with Crippen molar-refractivity contribution < 1.29 is 19.5 Å². The number of carbonyl (C=O) groups is 3. The highest BCUT2D eigenvalue weighted by atomic mass is 32.2. The van der Waals surface area contributed by atoms with E-state index < -0.39 is 5.97 Å². The number of nitrogens with zero attached hydrogens (tertiary/aromatic N) is 1. The quantitative estimate of drug-likeness (QED) is 0.769. The minimum atomic E-state index is -0.937. The number of benzene rings is 1. The summed E-state index contributed by atoms with van der Waals surface area (Å²) >= 11 is 1.05. The van der Waals surface area contributed by atoms with Crippen molar-refractivity contribution in [3.63, 3.8) is 0 Å². The van der Waals surface area contributed by atoms with Crippen LogP contribution in [0.25, 0.3) is 0 Å². The third-order valence-electron chi connectivity index (χ3n) is 3.06. The molecule has 6 nitrogen and oxygen atoms in total. The number of thioether (sulfide) groups is 1. The summed E-state index contributed by atoms with van der Waals surface area (Å²) in [6.07, 6.45) is 0. The second-order valence-corrected chi connectivity index (χ2v) is 5.61. The Hall–Kier alpha value is -2.02. The topological polar surface area (TPSA) is 86.7 Å². The molecule has 0 saturated heterocycles. The molecule has 0 saturated carbocycles. The van der Waals surface area contributed by atoms with Crippen LogP contribution in [0.2, 0.25) is 0 Å². The fourth-order valence-electron chi connectivity index (χ4n) is 2.11. The van der Waals surface area contributed by atoms with E-state index in [-0.39, 0.29) is 23.3 Å². The van der Waals surface area contributed by atoms with Crippen LogP contribution in [0.15, 0.2) is 24.3 Å². The lowest BCUT2D eigenvalue weighted by Crippen LogP contribution is -2.35. The van der Waals surface area contributed by atoms with E-state index in [1.165, 1.54) is 0 Å². The summed E-state index contributed by atoms with van der Waals surface area (Å²) in [6.45, 7) is 1.38. The zero-order chi connectivity index (χ0) is 15.2. The van der Waals surface area contributed by atoms with Crippen LogP contribution in [0.5, 0.6) is 0 Å². The fraction of sp³-hybridized carbons (Fsp3) is 0.357. The lowest BCUT2D eigenvalue weighted by molar-refractivity contribution is -0.133. The summed E-state index contributed by atoms with van der Waals surface area (Å²) in [5.41, 5.74) is 1.73. The van der Waals surface area contributed by atoms with Crippen LogP contribution in [0.1, 0.15) is 15.9 Å². The number of carboxylic acids is 1. The van der Waals surface area contributed by atoms with Gasteiger partial charge in [0.15, 0.2) is 0 Å². The molecule has 0 aromatic heterocycles. The van der Waals surface area contributed by atoms with E-state index in [0.29, 0.717) is 19.6 Å². The van der Waals surface area contributed by atoms with E-state index >= 15 is 0 Å². The van der Waals surface area contributed by atoms with Crippen molar-refractivity contribution >= 4 is 29.5 Å². The zero-order valence-corrected chi connectivity index (χ0v) is 12.2. The number of hydrogen-bond donors (Lipinski definition) is 2. The number of fused-ring (bicyclic) bond motifs is 1. The third-order valence-corrected chi connectivity index (χ3v) is 3.98. The van der Waals surface area contributed by atoms with Crippen molar-refractivity contribution in [3.8, 4) is 0 Å². The van der Waals surface area contributed by atoms with Crippen molar-refractivity contribution in [1.29, 1.82) is 0 Å². The van der Waals surface area contributed by atoms with Gasteiger partial charge in [0, 0.05) is 25.2 Å². The van der Waals surface area contributed by atoms with Crippen LogP contribution < -0.4 is 5.32 Å². The monoisotopic (exact) mass is 308 g/mol. The van der Waals surface area contributed by atoms with Gasteiger partial charge in [-0.2, -0.15) is 0 Å². The van der Waals surface area contributed by atoms with Gasteiger partial charge in [-0.25, -0.2) is 0 Å². The van der Waals surface area contributed by atoms with Crippen LogP contribution >= 0.6 is 11.8 Å². The molecule has 1 aromatic carbocycles. The van der Waals surface area contributed by atoms with Gasteiger partial charge in [-0.1, -0.05) is 18.2 Å². The molecule has 1 aliphatic heterocycles. The van der Waals surface area contributed by atoms with E-state index in [1.54, 1.807) is 11.0 Å². The number of aliphatic carboxylic acids is 1. The molecule has 0 fully saturated rings. The van der Waals surface area contributed by atoms with Crippen LogP contribution in [0.3, 0.4) is 0 Å². The molecule has 2 amide bonds. The average molecular weight is 308 g/mol. The van der Waals surface area contributed by atoms with Crippen molar-refractivity contribution in [2.45, 2.75) is 6.54 Å². The molecule has 0 aliphatic carbocycles. The molecule has 1 aromatic rings. The number of nitrogens with one attached hydrogen (secondary N) is 1. The maximum absolute atomic E-state index is 12.1. The molecular weight excluding hydrogens is 292 g/mol. The van der Waals surface area contributed by atoms with Crippen molar-refractivity contribution in [1.82, 2.24) is 10.2 Å². The van der Waals surface area contributed by atoms with Gasteiger partial charge in [0.05, 0.1) is 11.5 Å². The van der Waals surface area contributed by atoms with Crippen molar-refractivity contribution in [3.05, 3.63) is 35.4 Å². The van der Waals surface area contributed by atoms with Crippen LogP contribution in [0, 0.1) is 0 Å². The minimum Gasteiger partial charge on any atom is -0.481 e. The number of carbonyl (C=O) groups excluding carboxylic acids is 2. The molecular formula is C14H16N2O4S. The molecule has 0 bridgehead atoms. The second kappa shape index (κ2) is 7.12. The first-order valence-electron chi connectivity index (χ1n) is 6.51. The largest absolute Gasteiger partial charge is 0.481 e. The van der Waals surface area contributed by atoms with Crippen molar-refractivity contribution in [2.24, 2.45) is 0 Å². The van der Waals surface area contributed by atoms with E-state index in [1.807, 2.05) is 18.2 Å². The number of carboxylic acid groups (broad SMARTS) is 1. The van der Waals surface area contributed by atoms with E-state index in [4.69, 9.17) is 5.11 Å². The highest BCUT2D eigenvalue weighted by Crippen LogP contribution is 2.21. The summed E-state index contributed by atoms with van der Waals surface area (Å²) in [4.78, 5) is 35.5. The van der Waals surface area contributed by atoms with Gasteiger partial charge >= 0.3 is 5.97 Å². The van der Waals surface area contributed by atoms with Gasteiger partial charge in [0.2, 0.25) is 5.91 Å². The lowest BCUT2D eigenvalue weighted by atomic mass is 10.1. The molecule has 7 heteroatoms. The standard InChI is InChI=1S/C14H16N2O4S/c17-12(8-21-9-13(18)19)15-5-6-16-7-10-3-1-2-4-11(10)14(16)20/h1-4H,5-9H2,(H,15,17)(H,18,19). The molecule has 2 N–H and O–H groups in total. The van der Waals surface area contributed by atoms with E-state index in [2.05, 4.69) is 5.32 Å². The Morgan fingerprint density at radius 1 is 1.29 bits per heavy atom. The molecule has 1 heterocycles. The van der Waals surface area contributed by atoms with Gasteiger partial charge < -0.3 is 15.3 Å². The molecule has 112 valence electrons. The number of amides is 2. The molecule has 0 atom stereocenters. The smallest absolute Gasteiger partial charge is 0.313 e. The molecule has 21 heavy (non-hydrogen) atoms. The van der Waals surface area contributed by atoms with Gasteiger partial charge in [0.25, 0.3) is 5.91 Å². The third kappa shape index (κ3) is 4.22. The maximum Gasteiger partial charge on any atom is 0.313 e. The van der Waals surface area contributed by atoms with Crippen LogP contribution in [0.4, 0.5) is 0 Å².